The fraction of sp³-hybridized carbons (Fsp3) is 0.143. The number of benzene rings is 2. The van der Waals surface area contributed by atoms with Crippen molar-refractivity contribution in [3.8, 4) is 11.5 Å². The molecule has 0 aromatic heterocycles. The molecule has 0 saturated heterocycles. The molecule has 0 spiro atoms. The number of hydrogen-bond donors (Lipinski definition) is 1. The van der Waals surface area contributed by atoms with Crippen LogP contribution in [0.4, 0.5) is 5.69 Å². The number of rotatable bonds is 5. The molecule has 0 aliphatic heterocycles. The minimum atomic E-state index is -4.08. The predicted octanol–water partition coefficient (Wildman–Crippen LogP) is 2.67. The number of anilines is 1. The molecule has 0 unspecified atom stereocenters. The Kier molecular flexibility index (Phi) is 5.46. The fourth-order valence-electron chi connectivity index (χ4n) is 1.93. The zero-order valence-electron chi connectivity index (χ0n) is 12.5. The molecule has 1 N–H and O–H groups in total. The maximum Gasteiger partial charge on any atom is 0.206 e. The van der Waals surface area contributed by atoms with Gasteiger partial charge in [0.05, 0.1) is 29.7 Å². The summed E-state index contributed by atoms with van der Waals surface area (Å²) in [6.45, 7) is 0. The zero-order chi connectivity index (χ0) is 18.1. The summed E-state index contributed by atoms with van der Waals surface area (Å²) in [5, 5.41) is 22.1. The van der Waals surface area contributed by atoms with Gasteiger partial charge in [0.2, 0.25) is 9.84 Å². The van der Waals surface area contributed by atoms with Gasteiger partial charge < -0.3 is 9.84 Å². The second-order valence-electron chi connectivity index (χ2n) is 4.54. The molecule has 2 aromatic rings. The lowest BCUT2D eigenvalue weighted by Crippen LogP contribution is -2.18. The Morgan fingerprint density at radius 3 is 2.08 bits per heavy atom. The summed E-state index contributed by atoms with van der Waals surface area (Å²) in [5.41, 5.74) is -0.427. The van der Waals surface area contributed by atoms with Crippen molar-refractivity contribution in [2.45, 2.75) is 9.79 Å². The number of nitrogens with zero attached hydrogens (tertiary/aromatic N) is 1. The monoisotopic (exact) mass is 392 g/mol. The summed E-state index contributed by atoms with van der Waals surface area (Å²) in [6, 6.07) is 5.81. The molecule has 24 heavy (non-hydrogen) atoms. The van der Waals surface area contributed by atoms with Gasteiger partial charge >= 0.3 is 0 Å². The summed E-state index contributed by atoms with van der Waals surface area (Å²) in [4.78, 5) is 4.05. The Balaban J connectivity index is 2.70. The first-order valence-electron chi connectivity index (χ1n) is 6.34. The molecular formula is C14H12Cl2NO6S-. The second-order valence-corrected chi connectivity index (χ2v) is 7.36. The van der Waals surface area contributed by atoms with Crippen LogP contribution in [0.3, 0.4) is 0 Å². The van der Waals surface area contributed by atoms with Crippen LogP contribution in [0.25, 0.3) is 0 Å². The van der Waals surface area contributed by atoms with E-state index in [9.17, 15) is 18.7 Å². The molecule has 0 fully saturated rings. The van der Waals surface area contributed by atoms with Gasteiger partial charge in [-0.2, -0.15) is 0 Å². The third-order valence-corrected chi connectivity index (χ3v) is 5.21. The van der Waals surface area contributed by atoms with E-state index in [1.165, 1.54) is 25.3 Å². The smallest absolute Gasteiger partial charge is 0.206 e. The summed E-state index contributed by atoms with van der Waals surface area (Å²) < 4.78 is 30.4. The van der Waals surface area contributed by atoms with Crippen LogP contribution < -0.4 is 15.1 Å². The summed E-state index contributed by atoms with van der Waals surface area (Å²) in [5.74, 6) is -1.03. The minimum Gasteiger partial charge on any atom is -0.868 e. The van der Waals surface area contributed by atoms with Crippen LogP contribution in [-0.2, 0) is 14.7 Å². The second kappa shape index (κ2) is 7.04. The summed E-state index contributed by atoms with van der Waals surface area (Å²) in [7, 11) is -1.78. The number of hydrogen-bond acceptors (Lipinski definition) is 7. The van der Waals surface area contributed by atoms with Crippen LogP contribution in [0.5, 0.6) is 11.5 Å². The maximum absolute atomic E-state index is 12.8. The van der Waals surface area contributed by atoms with Gasteiger partial charge in [-0.25, -0.2) is 8.42 Å². The molecule has 0 aliphatic rings. The molecule has 0 saturated carbocycles. The highest BCUT2D eigenvalue weighted by Gasteiger charge is 2.22. The maximum atomic E-state index is 12.8. The van der Waals surface area contributed by atoms with E-state index < -0.39 is 21.3 Å². The molecule has 0 bridgehead atoms. The van der Waals surface area contributed by atoms with Crippen LogP contribution in [0.2, 0.25) is 10.0 Å². The Hall–Kier alpha value is -1.71. The van der Waals surface area contributed by atoms with Crippen molar-refractivity contribution in [1.29, 1.82) is 0 Å². The Morgan fingerprint density at radius 1 is 1.04 bits per heavy atom. The molecule has 2 rings (SSSR count). The average molecular weight is 393 g/mol. The van der Waals surface area contributed by atoms with E-state index in [2.05, 4.69) is 4.84 Å². The number of methoxy groups -OCH3 is 1. The van der Waals surface area contributed by atoms with Gasteiger partial charge in [-0.1, -0.05) is 23.2 Å². The first-order valence-corrected chi connectivity index (χ1v) is 8.58. The lowest BCUT2D eigenvalue weighted by molar-refractivity contribution is -0.270. The van der Waals surface area contributed by atoms with Crippen molar-refractivity contribution in [3.05, 3.63) is 40.4 Å². The van der Waals surface area contributed by atoms with Gasteiger partial charge in [-0.05, 0) is 36.1 Å². The van der Waals surface area contributed by atoms with Crippen LogP contribution in [0.15, 0.2) is 40.1 Å². The van der Waals surface area contributed by atoms with E-state index in [1.54, 1.807) is 0 Å². The Labute approximate surface area is 148 Å². The molecule has 0 atom stereocenters. The summed E-state index contributed by atoms with van der Waals surface area (Å²) >= 11 is 11.7. The van der Waals surface area contributed by atoms with Crippen molar-refractivity contribution in [2.75, 3.05) is 19.4 Å². The van der Waals surface area contributed by atoms with Crippen molar-refractivity contribution in [2.24, 2.45) is 0 Å². The third-order valence-electron chi connectivity index (χ3n) is 3.06. The van der Waals surface area contributed by atoms with E-state index in [1.807, 2.05) is 0 Å². The largest absolute Gasteiger partial charge is 0.868 e. The molecular weight excluding hydrogens is 381 g/mol. The highest BCUT2D eigenvalue weighted by molar-refractivity contribution is 7.91. The molecule has 130 valence electrons. The van der Waals surface area contributed by atoms with Crippen molar-refractivity contribution in [3.63, 3.8) is 0 Å². The van der Waals surface area contributed by atoms with Gasteiger partial charge in [0.15, 0.2) is 0 Å². The molecule has 2 aromatic carbocycles. The standard InChI is InChI=1S/C14H13Cl2NO6S/c1-22-13-7-11(6-12(14(13)18)17(19)23-2)24(20,21)10-4-8(15)3-9(16)5-10/h3-7,18-19H,1-2H3/p-1. The number of sulfone groups is 1. The number of halogens is 2. The Morgan fingerprint density at radius 2 is 1.58 bits per heavy atom. The van der Waals surface area contributed by atoms with Crippen molar-refractivity contribution in [1.82, 2.24) is 0 Å². The van der Waals surface area contributed by atoms with Crippen LogP contribution in [0, 0.1) is 0 Å². The van der Waals surface area contributed by atoms with E-state index in [0.29, 0.717) is 0 Å². The van der Waals surface area contributed by atoms with E-state index in [0.717, 1.165) is 19.2 Å². The predicted molar refractivity (Wildman–Crippen MR) is 85.6 cm³/mol. The normalized spacial score (nSPS) is 11.4. The van der Waals surface area contributed by atoms with Crippen LogP contribution >= 0.6 is 23.2 Å². The molecule has 0 amide bonds. The average Bonchev–Trinajstić information content (AvgIpc) is 2.53. The van der Waals surface area contributed by atoms with Crippen molar-refractivity contribution >= 4 is 38.7 Å². The fourth-order valence-corrected chi connectivity index (χ4v) is 3.95. The highest BCUT2D eigenvalue weighted by Crippen LogP contribution is 2.38. The number of ether oxygens (including phenoxy) is 1. The van der Waals surface area contributed by atoms with Gasteiger partial charge in [-0.3, -0.25) is 10.0 Å². The first-order chi connectivity index (χ1) is 11.2. The lowest BCUT2D eigenvalue weighted by atomic mass is 10.2. The molecule has 0 radical (unpaired) electrons. The summed E-state index contributed by atoms with van der Waals surface area (Å²) in [6.07, 6.45) is 0. The SMILES string of the molecule is COc1cc(S(=O)(=O)c2cc(Cl)cc(Cl)c2)cc(N(O)OC)c1[O-]. The van der Waals surface area contributed by atoms with Gasteiger partial charge in [-0.15, -0.1) is 5.23 Å². The topological polar surface area (TPSA) is 99.1 Å². The molecule has 7 nitrogen and oxygen atoms in total. The van der Waals surface area contributed by atoms with E-state index >= 15 is 0 Å². The Bertz CT molecular complexity index is 852. The third kappa shape index (κ3) is 3.52. The molecule has 0 aliphatic carbocycles. The van der Waals surface area contributed by atoms with Gasteiger partial charge in [0, 0.05) is 10.0 Å². The quantitative estimate of drug-likeness (QED) is 0.780. The van der Waals surface area contributed by atoms with Crippen LogP contribution in [0.1, 0.15) is 0 Å². The highest BCUT2D eigenvalue weighted by atomic mass is 35.5. The molecule has 0 heterocycles. The minimum absolute atomic E-state index is 0.134. The zero-order valence-corrected chi connectivity index (χ0v) is 14.8. The molecule has 10 heteroatoms. The lowest BCUT2D eigenvalue weighted by Gasteiger charge is -2.23. The van der Waals surface area contributed by atoms with E-state index in [-0.39, 0.29) is 30.8 Å². The van der Waals surface area contributed by atoms with E-state index in [4.69, 9.17) is 27.9 Å². The van der Waals surface area contributed by atoms with Gasteiger partial charge in [0.1, 0.15) is 5.75 Å². The van der Waals surface area contributed by atoms with Crippen LogP contribution in [-0.4, -0.2) is 27.8 Å². The first kappa shape index (κ1) is 18.6. The van der Waals surface area contributed by atoms with Crippen molar-refractivity contribution < 1.29 is 28.3 Å². The van der Waals surface area contributed by atoms with Gasteiger partial charge in [0.25, 0.3) is 0 Å².